The maximum absolute atomic E-state index is 6.11. The number of hydrogen-bond donors (Lipinski definition) is 0. The number of ether oxygens (including phenoxy) is 2. The molecule has 0 saturated carbocycles. The van der Waals surface area contributed by atoms with Crippen LogP contribution >= 0.6 is 15.9 Å². The van der Waals surface area contributed by atoms with Crippen LogP contribution in [-0.2, 0) is 9.47 Å². The van der Waals surface area contributed by atoms with Crippen LogP contribution in [0.1, 0.15) is 39.5 Å². The normalized spacial score (nSPS) is 22.6. The Morgan fingerprint density at radius 2 is 2.07 bits per heavy atom. The van der Waals surface area contributed by atoms with Crippen LogP contribution in [0.5, 0.6) is 0 Å². The first-order valence-corrected chi connectivity index (χ1v) is 7.12. The quantitative estimate of drug-likeness (QED) is 0.694. The van der Waals surface area contributed by atoms with E-state index in [4.69, 9.17) is 9.47 Å². The second kappa shape index (κ2) is 6.87. The monoisotopic (exact) mass is 278 g/mol. The van der Waals surface area contributed by atoms with Gasteiger partial charge in [-0.15, -0.1) is 0 Å². The van der Waals surface area contributed by atoms with Crippen LogP contribution in [-0.4, -0.2) is 30.8 Å². The van der Waals surface area contributed by atoms with Crippen LogP contribution in [0.25, 0.3) is 0 Å². The topological polar surface area (TPSA) is 18.5 Å². The molecule has 1 unspecified atom stereocenters. The minimum Gasteiger partial charge on any atom is -0.381 e. The van der Waals surface area contributed by atoms with Gasteiger partial charge in [-0.25, -0.2) is 0 Å². The zero-order chi connectivity index (χ0) is 11.1. The van der Waals surface area contributed by atoms with Gasteiger partial charge in [-0.1, -0.05) is 36.2 Å². The van der Waals surface area contributed by atoms with Crippen molar-refractivity contribution in [3.8, 4) is 0 Å². The Kier molecular flexibility index (Phi) is 6.17. The van der Waals surface area contributed by atoms with E-state index in [0.29, 0.717) is 5.92 Å². The molecule has 0 amide bonds. The first-order valence-electron chi connectivity index (χ1n) is 6.00. The highest BCUT2D eigenvalue weighted by atomic mass is 79.9. The third-order valence-corrected chi connectivity index (χ3v) is 4.12. The lowest BCUT2D eigenvalue weighted by Gasteiger charge is -2.36. The second-order valence-electron chi connectivity index (χ2n) is 4.63. The van der Waals surface area contributed by atoms with E-state index in [1.165, 1.54) is 12.8 Å². The van der Waals surface area contributed by atoms with Crippen LogP contribution in [0.2, 0.25) is 0 Å². The summed E-state index contributed by atoms with van der Waals surface area (Å²) in [5, 5.41) is 0.933. The molecule has 1 heterocycles. The first kappa shape index (κ1) is 13.5. The maximum Gasteiger partial charge on any atom is 0.0822 e. The van der Waals surface area contributed by atoms with Gasteiger partial charge in [0.2, 0.25) is 0 Å². The third kappa shape index (κ3) is 4.41. The molecule has 0 aromatic carbocycles. The summed E-state index contributed by atoms with van der Waals surface area (Å²) < 4.78 is 11.5. The Morgan fingerprint density at radius 1 is 1.40 bits per heavy atom. The molecule has 0 aliphatic carbocycles. The predicted octanol–water partition coefficient (Wildman–Crippen LogP) is 3.38. The largest absolute Gasteiger partial charge is 0.381 e. The number of rotatable bonds is 6. The van der Waals surface area contributed by atoms with Gasteiger partial charge in [0, 0.05) is 38.0 Å². The zero-order valence-electron chi connectivity index (χ0n) is 9.93. The summed E-state index contributed by atoms with van der Waals surface area (Å²) in [6, 6.07) is 0. The summed E-state index contributed by atoms with van der Waals surface area (Å²) in [6.45, 7) is 7.07. The van der Waals surface area contributed by atoms with E-state index in [1.54, 1.807) is 0 Å². The van der Waals surface area contributed by atoms with Crippen molar-refractivity contribution in [2.75, 3.05) is 25.2 Å². The number of hydrogen-bond acceptors (Lipinski definition) is 2. The van der Waals surface area contributed by atoms with Gasteiger partial charge in [0.1, 0.15) is 0 Å². The van der Waals surface area contributed by atoms with E-state index in [9.17, 15) is 0 Å². The van der Waals surface area contributed by atoms with E-state index in [2.05, 4.69) is 29.8 Å². The number of halogens is 1. The van der Waals surface area contributed by atoms with Gasteiger partial charge in [-0.3, -0.25) is 0 Å². The lowest BCUT2D eigenvalue weighted by molar-refractivity contribution is -0.104. The highest BCUT2D eigenvalue weighted by Gasteiger charge is 2.32. The highest BCUT2D eigenvalue weighted by Crippen LogP contribution is 2.28. The van der Waals surface area contributed by atoms with Crippen LogP contribution in [0.4, 0.5) is 0 Å². The molecule has 0 spiro atoms. The molecular weight excluding hydrogens is 256 g/mol. The molecule has 0 aromatic heterocycles. The molecule has 1 fully saturated rings. The molecule has 1 aliphatic rings. The van der Waals surface area contributed by atoms with Crippen molar-refractivity contribution in [3.05, 3.63) is 0 Å². The summed E-state index contributed by atoms with van der Waals surface area (Å²) in [7, 11) is 0. The Morgan fingerprint density at radius 3 is 2.60 bits per heavy atom. The van der Waals surface area contributed by atoms with Gasteiger partial charge in [0.15, 0.2) is 0 Å². The molecule has 0 radical (unpaired) electrons. The molecule has 3 heteroatoms. The predicted molar refractivity (Wildman–Crippen MR) is 66.6 cm³/mol. The van der Waals surface area contributed by atoms with Crippen LogP contribution < -0.4 is 0 Å². The van der Waals surface area contributed by atoms with Gasteiger partial charge >= 0.3 is 0 Å². The summed E-state index contributed by atoms with van der Waals surface area (Å²) in [5.41, 5.74) is 0.0419. The fourth-order valence-corrected chi connectivity index (χ4v) is 2.68. The lowest BCUT2D eigenvalue weighted by Crippen LogP contribution is -2.41. The molecule has 1 rings (SSSR count). The van der Waals surface area contributed by atoms with Crippen molar-refractivity contribution < 1.29 is 9.47 Å². The Labute approximate surface area is 102 Å². The van der Waals surface area contributed by atoms with Crippen molar-refractivity contribution >= 4 is 15.9 Å². The van der Waals surface area contributed by atoms with Crippen LogP contribution in [0.15, 0.2) is 0 Å². The molecule has 1 atom stereocenters. The zero-order valence-corrected chi connectivity index (χ0v) is 11.5. The van der Waals surface area contributed by atoms with Crippen molar-refractivity contribution in [1.82, 2.24) is 0 Å². The minimum absolute atomic E-state index is 0.0419. The molecule has 0 aromatic rings. The molecule has 2 nitrogen and oxygen atoms in total. The van der Waals surface area contributed by atoms with Gasteiger partial charge < -0.3 is 9.47 Å². The van der Waals surface area contributed by atoms with Crippen molar-refractivity contribution in [2.24, 2.45) is 5.92 Å². The SMILES string of the molecule is CCCC(C)COC1(CBr)CCOCC1. The van der Waals surface area contributed by atoms with Gasteiger partial charge in [0.25, 0.3) is 0 Å². The third-order valence-electron chi connectivity index (χ3n) is 3.10. The summed E-state index contributed by atoms with van der Waals surface area (Å²) in [5.74, 6) is 0.675. The van der Waals surface area contributed by atoms with E-state index in [1.807, 2.05) is 0 Å². The summed E-state index contributed by atoms with van der Waals surface area (Å²) in [4.78, 5) is 0. The lowest BCUT2D eigenvalue weighted by atomic mass is 9.96. The highest BCUT2D eigenvalue weighted by molar-refractivity contribution is 9.09. The summed E-state index contributed by atoms with van der Waals surface area (Å²) >= 11 is 3.58. The smallest absolute Gasteiger partial charge is 0.0822 e. The average molecular weight is 279 g/mol. The Hall–Kier alpha value is 0.400. The molecule has 1 saturated heterocycles. The Balaban J connectivity index is 2.32. The van der Waals surface area contributed by atoms with Crippen LogP contribution in [0.3, 0.4) is 0 Å². The molecule has 1 aliphatic heterocycles. The molecule has 0 N–H and O–H groups in total. The molecule has 0 bridgehead atoms. The van der Waals surface area contributed by atoms with Crippen LogP contribution in [0, 0.1) is 5.92 Å². The fraction of sp³-hybridized carbons (Fsp3) is 1.00. The van der Waals surface area contributed by atoms with Crippen molar-refractivity contribution in [1.29, 1.82) is 0 Å². The fourth-order valence-electron chi connectivity index (χ4n) is 1.96. The Bertz CT molecular complexity index is 167. The van der Waals surface area contributed by atoms with E-state index in [0.717, 1.165) is 38.0 Å². The second-order valence-corrected chi connectivity index (χ2v) is 5.19. The first-order chi connectivity index (χ1) is 7.22. The van der Waals surface area contributed by atoms with E-state index in [-0.39, 0.29) is 5.60 Å². The maximum atomic E-state index is 6.11. The minimum atomic E-state index is 0.0419. The number of alkyl halides is 1. The average Bonchev–Trinajstić information content (AvgIpc) is 2.28. The molecule has 15 heavy (non-hydrogen) atoms. The van der Waals surface area contributed by atoms with Crippen molar-refractivity contribution in [3.63, 3.8) is 0 Å². The van der Waals surface area contributed by atoms with Crippen molar-refractivity contribution in [2.45, 2.75) is 45.1 Å². The molecular formula is C12H23BrO2. The summed E-state index contributed by atoms with van der Waals surface area (Å²) in [6.07, 6.45) is 4.55. The molecule has 90 valence electrons. The van der Waals surface area contributed by atoms with E-state index < -0.39 is 0 Å². The van der Waals surface area contributed by atoms with Gasteiger partial charge in [-0.05, 0) is 12.3 Å². The van der Waals surface area contributed by atoms with E-state index >= 15 is 0 Å². The van der Waals surface area contributed by atoms with Gasteiger partial charge in [0.05, 0.1) is 5.60 Å². The standard InChI is InChI=1S/C12H23BrO2/c1-3-4-11(2)9-15-12(10-13)5-7-14-8-6-12/h11H,3-10H2,1-2H3. The van der Waals surface area contributed by atoms with Gasteiger partial charge in [-0.2, -0.15) is 0 Å².